The lowest BCUT2D eigenvalue weighted by atomic mass is 9.85. The maximum absolute atomic E-state index is 12.6. The second-order valence-electron chi connectivity index (χ2n) is 5.91. The fourth-order valence-electron chi connectivity index (χ4n) is 2.93. The molecule has 0 atom stereocenters. The minimum Gasteiger partial charge on any atom is -0.439 e. The summed E-state index contributed by atoms with van der Waals surface area (Å²) in [6.07, 6.45) is 0.0511. The molecule has 0 radical (unpaired) electrons. The van der Waals surface area contributed by atoms with E-state index < -0.39 is 17.5 Å². The Bertz CT molecular complexity index is 838. The summed E-state index contributed by atoms with van der Waals surface area (Å²) in [5, 5.41) is 0. The molecule has 0 aromatic heterocycles. The number of hydrogen-bond acceptors (Lipinski definition) is 3. The lowest BCUT2D eigenvalue weighted by molar-refractivity contribution is -0.163. The highest BCUT2D eigenvalue weighted by Gasteiger charge is 2.44. The van der Waals surface area contributed by atoms with E-state index in [2.05, 4.69) is 0 Å². The molecule has 2 N–H and O–H groups in total. The van der Waals surface area contributed by atoms with Gasteiger partial charge in [-0.3, -0.25) is 9.59 Å². The van der Waals surface area contributed by atoms with Gasteiger partial charge in [-0.1, -0.05) is 91.0 Å². The third-order valence-electron chi connectivity index (χ3n) is 4.17. The van der Waals surface area contributed by atoms with Gasteiger partial charge in [0.25, 0.3) is 5.91 Å². The fraction of sp³-hybridized carbons (Fsp3) is 0.0909. The highest BCUT2D eigenvalue weighted by atomic mass is 16.6. The van der Waals surface area contributed by atoms with Crippen LogP contribution in [0.2, 0.25) is 0 Å². The molecule has 0 aliphatic rings. The zero-order valence-electron chi connectivity index (χ0n) is 14.2. The number of primary amides is 1. The van der Waals surface area contributed by atoms with Crippen LogP contribution in [0, 0.1) is 0 Å². The number of carbonyl (C=O) groups excluding carboxylic acids is 2. The van der Waals surface area contributed by atoms with E-state index in [1.165, 1.54) is 0 Å². The molecule has 0 aliphatic carbocycles. The number of rotatable bonds is 6. The van der Waals surface area contributed by atoms with Crippen LogP contribution in [0.25, 0.3) is 0 Å². The Morgan fingerprint density at radius 1 is 0.731 bits per heavy atom. The molecule has 26 heavy (non-hydrogen) atoms. The van der Waals surface area contributed by atoms with Crippen LogP contribution in [-0.4, -0.2) is 11.9 Å². The standard InChI is InChI=1S/C22H19NO3/c23-21(25)22(18-12-6-2-7-13-18,19-14-8-3-9-15-19)26-20(24)16-17-10-4-1-5-11-17/h1-15H,16H2,(H2,23,25). The van der Waals surface area contributed by atoms with Gasteiger partial charge in [-0.2, -0.15) is 0 Å². The third-order valence-corrected chi connectivity index (χ3v) is 4.17. The first-order chi connectivity index (χ1) is 12.6. The van der Waals surface area contributed by atoms with Crippen molar-refractivity contribution in [3.05, 3.63) is 108 Å². The summed E-state index contributed by atoms with van der Waals surface area (Å²) >= 11 is 0. The van der Waals surface area contributed by atoms with Gasteiger partial charge in [-0.25, -0.2) is 0 Å². The average molecular weight is 345 g/mol. The highest BCUT2D eigenvalue weighted by Crippen LogP contribution is 2.34. The summed E-state index contributed by atoms with van der Waals surface area (Å²) in [5.41, 5.74) is 5.92. The lowest BCUT2D eigenvalue weighted by Crippen LogP contribution is -2.46. The van der Waals surface area contributed by atoms with Crippen molar-refractivity contribution >= 4 is 11.9 Å². The van der Waals surface area contributed by atoms with Crippen LogP contribution in [-0.2, 0) is 26.3 Å². The molecule has 0 saturated carbocycles. The third kappa shape index (κ3) is 3.49. The van der Waals surface area contributed by atoms with Gasteiger partial charge in [0.05, 0.1) is 6.42 Å². The Labute approximate surface area is 152 Å². The molecule has 0 unspecified atom stereocenters. The van der Waals surface area contributed by atoms with Gasteiger partial charge < -0.3 is 10.5 Å². The van der Waals surface area contributed by atoms with E-state index in [4.69, 9.17) is 10.5 Å². The molecule has 130 valence electrons. The van der Waals surface area contributed by atoms with E-state index >= 15 is 0 Å². The molecule has 0 heterocycles. The van der Waals surface area contributed by atoms with E-state index in [1.54, 1.807) is 48.5 Å². The number of nitrogens with two attached hydrogens (primary N) is 1. The maximum Gasteiger partial charge on any atom is 0.312 e. The number of amides is 1. The number of esters is 1. The topological polar surface area (TPSA) is 69.4 Å². The molecule has 0 aliphatic heterocycles. The van der Waals surface area contributed by atoms with Gasteiger partial charge in [0.15, 0.2) is 0 Å². The summed E-state index contributed by atoms with van der Waals surface area (Å²) in [5.74, 6) is -1.26. The van der Waals surface area contributed by atoms with Crippen LogP contribution >= 0.6 is 0 Å². The monoisotopic (exact) mass is 345 g/mol. The fourth-order valence-corrected chi connectivity index (χ4v) is 2.93. The number of carbonyl (C=O) groups is 2. The van der Waals surface area contributed by atoms with Gasteiger partial charge in [-0.05, 0) is 5.56 Å². The summed E-state index contributed by atoms with van der Waals surface area (Å²) < 4.78 is 5.76. The van der Waals surface area contributed by atoms with Crippen LogP contribution in [0.5, 0.6) is 0 Å². The zero-order chi connectivity index (χ0) is 18.4. The van der Waals surface area contributed by atoms with Gasteiger partial charge in [0, 0.05) is 11.1 Å². The molecule has 3 rings (SSSR count). The second kappa shape index (κ2) is 7.66. The Morgan fingerprint density at radius 3 is 1.58 bits per heavy atom. The van der Waals surface area contributed by atoms with Crippen molar-refractivity contribution < 1.29 is 14.3 Å². The minimum atomic E-state index is -1.67. The Kier molecular flexibility index (Phi) is 5.13. The van der Waals surface area contributed by atoms with Crippen molar-refractivity contribution in [3.63, 3.8) is 0 Å². The van der Waals surface area contributed by atoms with Crippen molar-refractivity contribution in [1.29, 1.82) is 0 Å². The predicted molar refractivity (Wildman–Crippen MR) is 99.1 cm³/mol. The van der Waals surface area contributed by atoms with Crippen LogP contribution in [0.4, 0.5) is 0 Å². The number of ether oxygens (including phenoxy) is 1. The second-order valence-corrected chi connectivity index (χ2v) is 5.91. The summed E-state index contributed by atoms with van der Waals surface area (Å²) in [6, 6.07) is 26.9. The van der Waals surface area contributed by atoms with Crippen LogP contribution in [0.3, 0.4) is 0 Å². The molecule has 4 nitrogen and oxygen atoms in total. The summed E-state index contributed by atoms with van der Waals surface area (Å²) in [6.45, 7) is 0. The van der Waals surface area contributed by atoms with E-state index in [-0.39, 0.29) is 6.42 Å². The molecule has 4 heteroatoms. The number of hydrogen-bond donors (Lipinski definition) is 1. The van der Waals surface area contributed by atoms with Crippen molar-refractivity contribution in [2.24, 2.45) is 5.73 Å². The first-order valence-corrected chi connectivity index (χ1v) is 8.29. The SMILES string of the molecule is NC(=O)C(OC(=O)Cc1ccccc1)(c1ccccc1)c1ccccc1. The average Bonchev–Trinajstić information content (AvgIpc) is 2.68. The lowest BCUT2D eigenvalue weighted by Gasteiger charge is -2.31. The van der Waals surface area contributed by atoms with Gasteiger partial charge in [-0.15, -0.1) is 0 Å². The largest absolute Gasteiger partial charge is 0.439 e. The van der Waals surface area contributed by atoms with Crippen molar-refractivity contribution in [2.75, 3.05) is 0 Å². The smallest absolute Gasteiger partial charge is 0.312 e. The molecule has 0 bridgehead atoms. The zero-order valence-corrected chi connectivity index (χ0v) is 14.2. The molecule has 3 aromatic carbocycles. The molecule has 0 saturated heterocycles. The minimum absolute atomic E-state index is 0.0511. The van der Waals surface area contributed by atoms with E-state index in [1.807, 2.05) is 42.5 Å². The van der Waals surface area contributed by atoms with Crippen LogP contribution in [0.1, 0.15) is 16.7 Å². The Morgan fingerprint density at radius 2 is 1.15 bits per heavy atom. The van der Waals surface area contributed by atoms with Crippen molar-refractivity contribution in [2.45, 2.75) is 12.0 Å². The summed E-state index contributed by atoms with van der Waals surface area (Å²) in [4.78, 5) is 25.2. The highest BCUT2D eigenvalue weighted by molar-refractivity contribution is 5.91. The van der Waals surface area contributed by atoms with Gasteiger partial charge in [0.1, 0.15) is 0 Å². The normalized spacial score (nSPS) is 10.9. The molecular weight excluding hydrogens is 326 g/mol. The van der Waals surface area contributed by atoms with E-state index in [9.17, 15) is 9.59 Å². The van der Waals surface area contributed by atoms with E-state index in [0.29, 0.717) is 11.1 Å². The molecule has 0 spiro atoms. The molecule has 3 aromatic rings. The van der Waals surface area contributed by atoms with Gasteiger partial charge >= 0.3 is 5.97 Å². The van der Waals surface area contributed by atoms with Crippen molar-refractivity contribution in [3.8, 4) is 0 Å². The summed E-state index contributed by atoms with van der Waals surface area (Å²) in [7, 11) is 0. The first kappa shape index (κ1) is 17.4. The van der Waals surface area contributed by atoms with Gasteiger partial charge in [0.2, 0.25) is 5.60 Å². The number of benzene rings is 3. The van der Waals surface area contributed by atoms with E-state index in [0.717, 1.165) is 5.56 Å². The Hall–Kier alpha value is -3.40. The molecular formula is C22H19NO3. The molecule has 0 fully saturated rings. The maximum atomic E-state index is 12.6. The Balaban J connectivity index is 2.03. The van der Waals surface area contributed by atoms with Crippen LogP contribution in [0.15, 0.2) is 91.0 Å². The molecule has 1 amide bonds. The van der Waals surface area contributed by atoms with Crippen molar-refractivity contribution in [1.82, 2.24) is 0 Å². The van der Waals surface area contributed by atoms with Crippen LogP contribution < -0.4 is 5.73 Å². The first-order valence-electron chi connectivity index (χ1n) is 8.29. The predicted octanol–water partition coefficient (Wildman–Crippen LogP) is 3.20. The quantitative estimate of drug-likeness (QED) is 0.698.